The number of methoxy groups -OCH3 is 1. The summed E-state index contributed by atoms with van der Waals surface area (Å²) in [7, 11) is 1.67. The van der Waals surface area contributed by atoms with Crippen LogP contribution in [0.3, 0.4) is 0 Å². The van der Waals surface area contributed by atoms with Crippen molar-refractivity contribution in [2.75, 3.05) is 20.3 Å². The molecular formula is C19H24BrNO4. The molecule has 136 valence electrons. The third-order valence-electron chi connectivity index (χ3n) is 4.43. The second-order valence-electron chi connectivity index (χ2n) is 6.22. The Balaban J connectivity index is 1.77. The summed E-state index contributed by atoms with van der Waals surface area (Å²) in [6, 6.07) is 8.17. The number of nitrogens with zero attached hydrogens (tertiary/aromatic N) is 1. The number of benzene rings is 1. The number of rotatable bonds is 7. The number of furan rings is 1. The molecule has 5 nitrogen and oxygen atoms in total. The molecule has 6 heteroatoms. The average Bonchev–Trinajstić information content (AvgIpc) is 3.22. The molecule has 1 aliphatic heterocycles. The molecule has 1 aromatic heterocycles. The maximum atomic E-state index is 10.1. The maximum Gasteiger partial charge on any atom is 0.172 e. The Morgan fingerprint density at radius 3 is 2.96 bits per heavy atom. The number of phenolic OH excluding ortho intramolecular Hbond substituents is 1. The summed E-state index contributed by atoms with van der Waals surface area (Å²) in [4.78, 5) is 2.41. The molecule has 2 heterocycles. The number of phenols is 1. The molecule has 1 saturated heterocycles. The van der Waals surface area contributed by atoms with Crippen LogP contribution in [0.15, 0.2) is 33.2 Å². The van der Waals surface area contributed by atoms with Gasteiger partial charge in [0.1, 0.15) is 18.1 Å². The van der Waals surface area contributed by atoms with Crippen LogP contribution in [-0.2, 0) is 17.9 Å². The zero-order chi connectivity index (χ0) is 17.8. The zero-order valence-electron chi connectivity index (χ0n) is 14.6. The minimum Gasteiger partial charge on any atom is -0.503 e. The van der Waals surface area contributed by atoms with Crippen LogP contribution in [0, 0.1) is 0 Å². The molecule has 0 spiro atoms. The summed E-state index contributed by atoms with van der Waals surface area (Å²) in [5.41, 5.74) is 1.10. The minimum absolute atomic E-state index is 0.152. The van der Waals surface area contributed by atoms with E-state index in [9.17, 15) is 5.11 Å². The van der Waals surface area contributed by atoms with Gasteiger partial charge < -0.3 is 19.0 Å². The monoisotopic (exact) mass is 409 g/mol. The van der Waals surface area contributed by atoms with E-state index >= 15 is 0 Å². The molecule has 1 aliphatic rings. The van der Waals surface area contributed by atoms with Crippen LogP contribution in [0.4, 0.5) is 0 Å². The van der Waals surface area contributed by atoms with Crippen molar-refractivity contribution in [2.45, 2.75) is 39.0 Å². The highest BCUT2D eigenvalue weighted by atomic mass is 79.9. The van der Waals surface area contributed by atoms with E-state index in [0.717, 1.165) is 43.0 Å². The van der Waals surface area contributed by atoms with Gasteiger partial charge in [0.15, 0.2) is 11.5 Å². The highest BCUT2D eigenvalue weighted by molar-refractivity contribution is 9.10. The first-order valence-corrected chi connectivity index (χ1v) is 9.37. The van der Waals surface area contributed by atoms with Crippen molar-refractivity contribution in [2.24, 2.45) is 0 Å². The molecule has 3 rings (SSSR count). The van der Waals surface area contributed by atoms with Crippen LogP contribution >= 0.6 is 15.9 Å². The van der Waals surface area contributed by atoms with E-state index < -0.39 is 0 Å². The first kappa shape index (κ1) is 18.3. The number of ether oxygens (including phenoxy) is 2. The lowest BCUT2D eigenvalue weighted by molar-refractivity contribution is 0.155. The number of aromatic hydroxyl groups is 1. The van der Waals surface area contributed by atoms with E-state index in [-0.39, 0.29) is 11.8 Å². The van der Waals surface area contributed by atoms with Crippen molar-refractivity contribution in [3.63, 3.8) is 0 Å². The van der Waals surface area contributed by atoms with Gasteiger partial charge in [-0.05, 0) is 72.1 Å². The number of hydrogen-bond donors (Lipinski definition) is 1. The molecule has 1 fully saturated rings. The first-order chi connectivity index (χ1) is 12.1. The SMILES string of the molecule is CCOc1cc(CN2CCC[C@@H]2c2ccc(COC)o2)cc(Br)c1O. The second-order valence-corrected chi connectivity index (χ2v) is 7.08. The van der Waals surface area contributed by atoms with Crippen molar-refractivity contribution >= 4 is 15.9 Å². The van der Waals surface area contributed by atoms with Gasteiger partial charge in [-0.3, -0.25) is 4.90 Å². The van der Waals surface area contributed by atoms with Gasteiger partial charge in [-0.25, -0.2) is 0 Å². The summed E-state index contributed by atoms with van der Waals surface area (Å²) in [5, 5.41) is 10.1. The fourth-order valence-electron chi connectivity index (χ4n) is 3.35. The molecular weight excluding hydrogens is 386 g/mol. The quantitative estimate of drug-likeness (QED) is 0.722. The number of hydrogen-bond acceptors (Lipinski definition) is 5. The predicted octanol–water partition coefficient (Wildman–Crippen LogP) is 4.63. The van der Waals surface area contributed by atoms with E-state index in [1.165, 1.54) is 0 Å². The Morgan fingerprint density at radius 2 is 2.20 bits per heavy atom. The van der Waals surface area contributed by atoms with E-state index in [0.29, 0.717) is 23.4 Å². The van der Waals surface area contributed by atoms with Gasteiger partial charge in [-0.15, -0.1) is 0 Å². The van der Waals surface area contributed by atoms with Crippen LogP contribution in [0.1, 0.15) is 42.9 Å². The van der Waals surface area contributed by atoms with Crippen LogP contribution in [0.25, 0.3) is 0 Å². The fourth-order valence-corrected chi connectivity index (χ4v) is 3.84. The Labute approximate surface area is 156 Å². The molecule has 0 bridgehead atoms. The van der Waals surface area contributed by atoms with Gasteiger partial charge in [0.25, 0.3) is 0 Å². The molecule has 0 aliphatic carbocycles. The van der Waals surface area contributed by atoms with Crippen LogP contribution < -0.4 is 4.74 Å². The van der Waals surface area contributed by atoms with E-state index in [2.05, 4.69) is 26.9 Å². The zero-order valence-corrected chi connectivity index (χ0v) is 16.2. The van der Waals surface area contributed by atoms with Crippen molar-refractivity contribution in [3.8, 4) is 11.5 Å². The topological polar surface area (TPSA) is 55.1 Å². The normalized spacial score (nSPS) is 18.0. The highest BCUT2D eigenvalue weighted by Gasteiger charge is 2.29. The summed E-state index contributed by atoms with van der Waals surface area (Å²) in [6.07, 6.45) is 2.22. The first-order valence-electron chi connectivity index (χ1n) is 8.58. The molecule has 25 heavy (non-hydrogen) atoms. The van der Waals surface area contributed by atoms with Gasteiger partial charge in [0.05, 0.1) is 17.1 Å². The Morgan fingerprint density at radius 1 is 1.36 bits per heavy atom. The molecule has 1 atom stereocenters. The van der Waals surface area contributed by atoms with Crippen LogP contribution in [-0.4, -0.2) is 30.3 Å². The maximum absolute atomic E-state index is 10.1. The largest absolute Gasteiger partial charge is 0.503 e. The molecule has 0 unspecified atom stereocenters. The lowest BCUT2D eigenvalue weighted by Crippen LogP contribution is -2.22. The minimum atomic E-state index is 0.152. The lowest BCUT2D eigenvalue weighted by Gasteiger charge is -2.23. The average molecular weight is 410 g/mol. The van der Waals surface area contributed by atoms with Crippen LogP contribution in [0.2, 0.25) is 0 Å². The molecule has 1 N–H and O–H groups in total. The van der Waals surface area contributed by atoms with E-state index in [4.69, 9.17) is 13.9 Å². The second kappa shape index (κ2) is 8.25. The Kier molecular flexibility index (Phi) is 6.04. The van der Waals surface area contributed by atoms with Crippen molar-refractivity contribution in [1.29, 1.82) is 0 Å². The van der Waals surface area contributed by atoms with Crippen LogP contribution in [0.5, 0.6) is 11.5 Å². The molecule has 0 radical (unpaired) electrons. The summed E-state index contributed by atoms with van der Waals surface area (Å²) >= 11 is 3.42. The smallest absolute Gasteiger partial charge is 0.172 e. The highest BCUT2D eigenvalue weighted by Crippen LogP contribution is 2.38. The van der Waals surface area contributed by atoms with Gasteiger partial charge >= 0.3 is 0 Å². The molecule has 0 amide bonds. The molecule has 1 aromatic carbocycles. The number of halogens is 1. The summed E-state index contributed by atoms with van der Waals surface area (Å²) in [6.45, 7) is 4.72. The van der Waals surface area contributed by atoms with E-state index in [1.54, 1.807) is 7.11 Å². The standard InChI is InChI=1S/C19H24BrNO4/c1-3-24-18-10-13(9-15(20)19(18)22)11-21-8-4-5-16(21)17-7-6-14(25-17)12-23-2/h6-7,9-10,16,22H,3-5,8,11-12H2,1-2H3/t16-/m1/s1. The third kappa shape index (κ3) is 4.19. The predicted molar refractivity (Wildman–Crippen MR) is 98.8 cm³/mol. The van der Waals surface area contributed by atoms with Crippen molar-refractivity contribution < 1.29 is 19.0 Å². The van der Waals surface area contributed by atoms with Gasteiger partial charge in [0.2, 0.25) is 0 Å². The Bertz CT molecular complexity index is 715. The number of likely N-dealkylation sites (tertiary alicyclic amines) is 1. The van der Waals surface area contributed by atoms with Gasteiger partial charge in [0, 0.05) is 13.7 Å². The van der Waals surface area contributed by atoms with E-state index in [1.807, 2.05) is 25.1 Å². The van der Waals surface area contributed by atoms with Crippen molar-refractivity contribution in [3.05, 3.63) is 45.8 Å². The van der Waals surface area contributed by atoms with Crippen molar-refractivity contribution in [1.82, 2.24) is 4.90 Å². The summed E-state index contributed by atoms with van der Waals surface area (Å²) in [5.74, 6) is 2.52. The molecule has 2 aromatic rings. The Hall–Kier alpha value is -1.50. The summed E-state index contributed by atoms with van der Waals surface area (Å²) < 4.78 is 17.3. The third-order valence-corrected chi connectivity index (χ3v) is 5.04. The molecule has 0 saturated carbocycles. The van der Waals surface area contributed by atoms with Gasteiger partial charge in [-0.1, -0.05) is 0 Å². The van der Waals surface area contributed by atoms with Gasteiger partial charge in [-0.2, -0.15) is 0 Å². The fraction of sp³-hybridized carbons (Fsp3) is 0.474. The lowest BCUT2D eigenvalue weighted by atomic mass is 10.1.